The Balaban J connectivity index is 2.21. The van der Waals surface area contributed by atoms with Crippen LogP contribution >= 0.6 is 11.6 Å². The number of benzene rings is 1. The topological polar surface area (TPSA) is 58.2 Å². The van der Waals surface area contributed by atoms with Gasteiger partial charge >= 0.3 is 6.18 Å². The van der Waals surface area contributed by atoms with Crippen molar-refractivity contribution >= 4 is 29.1 Å². The van der Waals surface area contributed by atoms with E-state index in [2.05, 4.69) is 10.6 Å². The molecule has 0 spiro atoms. The third-order valence-corrected chi connectivity index (χ3v) is 3.09. The average molecular weight is 307 g/mol. The van der Waals surface area contributed by atoms with Gasteiger partial charge in [-0.2, -0.15) is 13.2 Å². The van der Waals surface area contributed by atoms with Gasteiger partial charge in [0, 0.05) is 11.4 Å². The highest BCUT2D eigenvalue weighted by molar-refractivity contribution is 6.30. The van der Waals surface area contributed by atoms with Gasteiger partial charge in [0.2, 0.25) is 11.8 Å². The van der Waals surface area contributed by atoms with Gasteiger partial charge in [0.25, 0.3) is 0 Å². The maximum atomic E-state index is 12.8. The summed E-state index contributed by atoms with van der Waals surface area (Å²) < 4.78 is 38.5. The largest absolute Gasteiger partial charge is 0.418 e. The lowest BCUT2D eigenvalue weighted by Crippen LogP contribution is -2.37. The van der Waals surface area contributed by atoms with E-state index in [0.717, 1.165) is 12.1 Å². The fourth-order valence-corrected chi connectivity index (χ4v) is 2.06. The summed E-state index contributed by atoms with van der Waals surface area (Å²) in [6.07, 6.45) is -4.18. The van der Waals surface area contributed by atoms with Crippen molar-refractivity contribution in [2.45, 2.75) is 25.1 Å². The molecule has 1 atom stereocenters. The summed E-state index contributed by atoms with van der Waals surface area (Å²) in [7, 11) is 0. The number of hydrogen-bond acceptors (Lipinski definition) is 2. The Kier molecular flexibility index (Phi) is 3.89. The first kappa shape index (κ1) is 14.6. The third-order valence-electron chi connectivity index (χ3n) is 2.86. The van der Waals surface area contributed by atoms with Crippen molar-refractivity contribution in [2.75, 3.05) is 5.32 Å². The summed E-state index contributed by atoms with van der Waals surface area (Å²) in [4.78, 5) is 22.8. The molecule has 2 amide bonds. The predicted octanol–water partition coefficient (Wildman–Crippen LogP) is 2.58. The van der Waals surface area contributed by atoms with Crippen molar-refractivity contribution in [3.05, 3.63) is 28.8 Å². The minimum atomic E-state index is -4.63. The van der Waals surface area contributed by atoms with E-state index in [9.17, 15) is 22.8 Å². The number of carbonyl (C=O) groups is 2. The fourth-order valence-electron chi connectivity index (χ4n) is 1.89. The van der Waals surface area contributed by atoms with E-state index in [0.29, 0.717) is 0 Å². The monoisotopic (exact) mass is 306 g/mol. The van der Waals surface area contributed by atoms with E-state index >= 15 is 0 Å². The van der Waals surface area contributed by atoms with Crippen molar-refractivity contribution < 1.29 is 22.8 Å². The van der Waals surface area contributed by atoms with Crippen LogP contribution in [0, 0.1) is 0 Å². The van der Waals surface area contributed by atoms with Crippen LogP contribution in [-0.4, -0.2) is 17.9 Å². The van der Waals surface area contributed by atoms with Crippen LogP contribution in [0.5, 0.6) is 0 Å². The highest BCUT2D eigenvalue weighted by Gasteiger charge is 2.35. The fraction of sp³-hybridized carbons (Fsp3) is 0.333. The molecule has 1 aliphatic heterocycles. The summed E-state index contributed by atoms with van der Waals surface area (Å²) >= 11 is 5.54. The maximum Gasteiger partial charge on any atom is 0.418 e. The number of anilines is 1. The maximum absolute atomic E-state index is 12.8. The quantitative estimate of drug-likeness (QED) is 0.882. The lowest BCUT2D eigenvalue weighted by atomic mass is 10.1. The number of carbonyl (C=O) groups excluding carboxylic acids is 2. The summed E-state index contributed by atoms with van der Waals surface area (Å²) in [6, 6.07) is 2.27. The minimum Gasteiger partial charge on any atom is -0.344 e. The van der Waals surface area contributed by atoms with Crippen molar-refractivity contribution in [3.63, 3.8) is 0 Å². The van der Waals surface area contributed by atoms with Gasteiger partial charge in [-0.1, -0.05) is 11.6 Å². The Hall–Kier alpha value is -1.76. The molecule has 0 aromatic heterocycles. The van der Waals surface area contributed by atoms with Gasteiger partial charge < -0.3 is 10.6 Å². The average Bonchev–Trinajstić information content (AvgIpc) is 2.77. The molecule has 108 valence electrons. The Morgan fingerprint density at radius 2 is 2.10 bits per heavy atom. The normalized spacial score (nSPS) is 18.8. The third kappa shape index (κ3) is 3.22. The van der Waals surface area contributed by atoms with Gasteiger partial charge in [-0.05, 0) is 24.6 Å². The number of alkyl halides is 3. The van der Waals surface area contributed by atoms with Crippen LogP contribution in [0.15, 0.2) is 18.2 Å². The van der Waals surface area contributed by atoms with Gasteiger partial charge in [0.15, 0.2) is 0 Å². The summed E-state index contributed by atoms with van der Waals surface area (Å²) in [5, 5.41) is 4.48. The molecular formula is C12H10ClF3N2O2. The molecule has 0 bridgehead atoms. The van der Waals surface area contributed by atoms with Crippen molar-refractivity contribution in [1.29, 1.82) is 0 Å². The zero-order valence-corrected chi connectivity index (χ0v) is 10.8. The smallest absolute Gasteiger partial charge is 0.344 e. The molecule has 4 nitrogen and oxygen atoms in total. The number of nitrogens with one attached hydrogen (secondary N) is 2. The molecule has 1 fully saturated rings. The standard InChI is InChI=1S/C12H10ClF3N2O2/c13-6-1-2-8(7(5-6)12(14,15)16)18-11(20)9-3-4-10(19)17-9/h1-2,5,9H,3-4H2,(H,17,19)(H,18,20). The Morgan fingerprint density at radius 3 is 2.65 bits per heavy atom. The molecule has 1 saturated heterocycles. The lowest BCUT2D eigenvalue weighted by molar-refractivity contribution is -0.137. The molecule has 1 aromatic carbocycles. The molecule has 0 saturated carbocycles. The molecule has 1 heterocycles. The molecule has 8 heteroatoms. The Bertz CT molecular complexity index is 560. The molecule has 1 aromatic rings. The molecule has 1 unspecified atom stereocenters. The summed E-state index contributed by atoms with van der Waals surface area (Å²) in [5.41, 5.74) is -1.41. The van der Waals surface area contributed by atoms with Crippen molar-refractivity contribution in [1.82, 2.24) is 5.32 Å². The zero-order chi connectivity index (χ0) is 14.9. The summed E-state index contributed by atoms with van der Waals surface area (Å²) in [6.45, 7) is 0. The van der Waals surface area contributed by atoms with Gasteiger partial charge in [0.1, 0.15) is 6.04 Å². The van der Waals surface area contributed by atoms with Crippen LogP contribution in [0.1, 0.15) is 18.4 Å². The van der Waals surface area contributed by atoms with E-state index in [1.54, 1.807) is 0 Å². The number of rotatable bonds is 2. The van der Waals surface area contributed by atoms with E-state index in [1.165, 1.54) is 6.07 Å². The summed E-state index contributed by atoms with van der Waals surface area (Å²) in [5.74, 6) is -0.971. The van der Waals surface area contributed by atoms with Crippen molar-refractivity contribution in [3.8, 4) is 0 Å². The number of amides is 2. The molecule has 20 heavy (non-hydrogen) atoms. The zero-order valence-electron chi connectivity index (χ0n) is 10.1. The van der Waals surface area contributed by atoms with Crippen LogP contribution in [0.3, 0.4) is 0 Å². The van der Waals surface area contributed by atoms with E-state index in [4.69, 9.17) is 11.6 Å². The van der Waals surface area contributed by atoms with Crippen molar-refractivity contribution in [2.24, 2.45) is 0 Å². The first-order valence-electron chi connectivity index (χ1n) is 5.74. The second-order valence-corrected chi connectivity index (χ2v) is 4.77. The molecule has 2 rings (SSSR count). The minimum absolute atomic E-state index is 0.0792. The second kappa shape index (κ2) is 5.32. The number of hydrogen-bond donors (Lipinski definition) is 2. The highest BCUT2D eigenvalue weighted by atomic mass is 35.5. The predicted molar refractivity (Wildman–Crippen MR) is 66.2 cm³/mol. The highest BCUT2D eigenvalue weighted by Crippen LogP contribution is 2.36. The SMILES string of the molecule is O=C1CCC(C(=O)Nc2ccc(Cl)cc2C(F)(F)F)N1. The van der Waals surface area contributed by atoms with Gasteiger partial charge in [-0.25, -0.2) is 0 Å². The first-order chi connectivity index (χ1) is 9.27. The molecule has 0 aliphatic carbocycles. The molecule has 2 N–H and O–H groups in total. The molecule has 0 radical (unpaired) electrons. The molecular weight excluding hydrogens is 297 g/mol. The first-order valence-corrected chi connectivity index (χ1v) is 6.12. The lowest BCUT2D eigenvalue weighted by Gasteiger charge is -2.16. The van der Waals surface area contributed by atoms with E-state index in [1.807, 2.05) is 0 Å². The van der Waals surface area contributed by atoms with E-state index in [-0.39, 0.29) is 29.5 Å². The van der Waals surface area contributed by atoms with Crippen LogP contribution in [0.2, 0.25) is 5.02 Å². The van der Waals surface area contributed by atoms with Crippen LogP contribution in [0.4, 0.5) is 18.9 Å². The van der Waals surface area contributed by atoms with Crippen LogP contribution in [-0.2, 0) is 15.8 Å². The molecule has 1 aliphatic rings. The van der Waals surface area contributed by atoms with Gasteiger partial charge in [0.05, 0.1) is 11.3 Å². The Labute approximate surface area is 117 Å². The second-order valence-electron chi connectivity index (χ2n) is 4.34. The van der Waals surface area contributed by atoms with Gasteiger partial charge in [-0.15, -0.1) is 0 Å². The van der Waals surface area contributed by atoms with Crippen LogP contribution < -0.4 is 10.6 Å². The Morgan fingerprint density at radius 1 is 1.40 bits per heavy atom. The van der Waals surface area contributed by atoms with Crippen LogP contribution in [0.25, 0.3) is 0 Å². The number of halogens is 4. The van der Waals surface area contributed by atoms with Gasteiger partial charge in [-0.3, -0.25) is 9.59 Å². The van der Waals surface area contributed by atoms with E-state index < -0.39 is 23.7 Å².